The second kappa shape index (κ2) is 7.53. The second-order valence-electron chi connectivity index (χ2n) is 6.57. The molecule has 1 aliphatic rings. The minimum atomic E-state index is -0.403. The van der Waals surface area contributed by atoms with Crippen molar-refractivity contribution in [1.82, 2.24) is 15.2 Å². The molecule has 3 aromatic rings. The van der Waals surface area contributed by atoms with Crippen molar-refractivity contribution < 1.29 is 14.3 Å². The molecule has 27 heavy (non-hydrogen) atoms. The van der Waals surface area contributed by atoms with Gasteiger partial charge in [0.1, 0.15) is 5.75 Å². The Labute approximate surface area is 157 Å². The molecule has 1 aliphatic heterocycles. The number of carbonyl (C=O) groups is 2. The number of amides is 2. The lowest BCUT2D eigenvalue weighted by atomic mass is 10.1. The van der Waals surface area contributed by atoms with Crippen LogP contribution in [0.3, 0.4) is 0 Å². The molecule has 2 N–H and O–H groups in total. The Morgan fingerprint density at radius 3 is 2.67 bits per heavy atom. The van der Waals surface area contributed by atoms with Crippen LogP contribution in [0.5, 0.6) is 5.75 Å². The van der Waals surface area contributed by atoms with E-state index in [2.05, 4.69) is 16.4 Å². The number of nitrogens with one attached hydrogen (secondary N) is 2. The molecule has 0 atom stereocenters. The first-order valence-electron chi connectivity index (χ1n) is 9.11. The Kier molecular flexibility index (Phi) is 4.78. The quantitative estimate of drug-likeness (QED) is 0.730. The molecule has 1 saturated heterocycles. The number of benzene rings is 2. The van der Waals surface area contributed by atoms with E-state index in [1.54, 1.807) is 29.2 Å². The van der Waals surface area contributed by atoms with Crippen molar-refractivity contribution in [3.8, 4) is 5.75 Å². The number of hydrogen-bond acceptors (Lipinski definition) is 3. The van der Waals surface area contributed by atoms with Gasteiger partial charge in [0.15, 0.2) is 0 Å². The maximum absolute atomic E-state index is 12.6. The van der Waals surface area contributed by atoms with E-state index in [-0.39, 0.29) is 5.91 Å². The van der Waals surface area contributed by atoms with Gasteiger partial charge in [0.2, 0.25) is 0 Å². The number of aromatic amines is 1. The van der Waals surface area contributed by atoms with Crippen molar-refractivity contribution in [3.63, 3.8) is 0 Å². The molecule has 0 radical (unpaired) electrons. The maximum atomic E-state index is 12.6. The van der Waals surface area contributed by atoms with Gasteiger partial charge in [-0.15, -0.1) is 0 Å². The molecule has 0 saturated carbocycles. The number of nitrogens with zero attached hydrogens (tertiary/aromatic N) is 1. The highest BCUT2D eigenvalue weighted by atomic mass is 16.6. The summed E-state index contributed by atoms with van der Waals surface area (Å²) in [6, 6.07) is 14.9. The van der Waals surface area contributed by atoms with Crippen LogP contribution in [-0.2, 0) is 6.42 Å². The van der Waals surface area contributed by atoms with Crippen LogP contribution in [0.4, 0.5) is 4.79 Å². The third-order valence-electron chi connectivity index (χ3n) is 4.80. The highest BCUT2D eigenvalue weighted by Crippen LogP contribution is 2.21. The molecule has 0 unspecified atom stereocenters. The lowest BCUT2D eigenvalue weighted by molar-refractivity contribution is 0.0948. The first-order chi connectivity index (χ1) is 13.2. The summed E-state index contributed by atoms with van der Waals surface area (Å²) < 4.78 is 5.40. The Hall–Kier alpha value is -3.28. The van der Waals surface area contributed by atoms with Crippen LogP contribution in [0, 0.1) is 0 Å². The van der Waals surface area contributed by atoms with Gasteiger partial charge >= 0.3 is 6.09 Å². The summed E-state index contributed by atoms with van der Waals surface area (Å²) >= 11 is 0. The van der Waals surface area contributed by atoms with Gasteiger partial charge in [-0.05, 0) is 36.6 Å². The molecule has 138 valence electrons. The van der Waals surface area contributed by atoms with Crippen molar-refractivity contribution in [2.75, 3.05) is 19.6 Å². The summed E-state index contributed by atoms with van der Waals surface area (Å²) in [6.07, 6.45) is 3.27. The van der Waals surface area contributed by atoms with Crippen LogP contribution >= 0.6 is 0 Å². The summed E-state index contributed by atoms with van der Waals surface area (Å²) in [6.45, 7) is 1.91. The predicted molar refractivity (Wildman–Crippen MR) is 103 cm³/mol. The number of aromatic nitrogens is 1. The smallest absolute Gasteiger partial charge is 0.409 e. The summed E-state index contributed by atoms with van der Waals surface area (Å²) in [7, 11) is 0. The molecule has 1 fully saturated rings. The van der Waals surface area contributed by atoms with E-state index in [0.717, 1.165) is 22.9 Å². The Bertz CT molecular complexity index is 975. The van der Waals surface area contributed by atoms with Crippen LogP contribution in [0.1, 0.15) is 22.3 Å². The highest BCUT2D eigenvalue weighted by Gasteiger charge is 2.23. The second-order valence-corrected chi connectivity index (χ2v) is 6.57. The first kappa shape index (κ1) is 17.1. The van der Waals surface area contributed by atoms with Crippen molar-refractivity contribution in [3.05, 3.63) is 65.9 Å². The zero-order valence-corrected chi connectivity index (χ0v) is 14.9. The Balaban J connectivity index is 1.39. The van der Waals surface area contributed by atoms with E-state index in [1.807, 2.05) is 24.4 Å². The van der Waals surface area contributed by atoms with Gasteiger partial charge in [0.25, 0.3) is 5.91 Å². The molecule has 1 aromatic heterocycles. The van der Waals surface area contributed by atoms with Gasteiger partial charge in [-0.25, -0.2) is 4.79 Å². The lowest BCUT2D eigenvalue weighted by Crippen LogP contribution is -2.43. The van der Waals surface area contributed by atoms with Crippen LogP contribution in [0.15, 0.2) is 54.7 Å². The van der Waals surface area contributed by atoms with Crippen LogP contribution in [0.25, 0.3) is 10.9 Å². The molecule has 0 spiro atoms. The van der Waals surface area contributed by atoms with Crippen molar-refractivity contribution in [2.45, 2.75) is 12.8 Å². The van der Waals surface area contributed by atoms with E-state index in [0.29, 0.717) is 37.4 Å². The average molecular weight is 363 g/mol. The van der Waals surface area contributed by atoms with Crippen molar-refractivity contribution in [1.29, 1.82) is 0 Å². The van der Waals surface area contributed by atoms with Crippen molar-refractivity contribution >= 4 is 22.9 Å². The van der Waals surface area contributed by atoms with Crippen LogP contribution in [0.2, 0.25) is 0 Å². The largest absolute Gasteiger partial charge is 0.415 e. The highest BCUT2D eigenvalue weighted by molar-refractivity contribution is 5.97. The molecule has 4 rings (SSSR count). The molecule has 2 heterocycles. The number of fused-ring (bicyclic) bond motifs is 1. The predicted octanol–water partition coefficient (Wildman–Crippen LogP) is 3.34. The molecule has 6 heteroatoms. The zero-order valence-electron chi connectivity index (χ0n) is 14.9. The minimum Gasteiger partial charge on any atom is -0.409 e. The maximum Gasteiger partial charge on any atom is 0.415 e. The first-order valence-corrected chi connectivity index (χ1v) is 9.11. The molecular weight excluding hydrogens is 342 g/mol. The van der Waals surface area contributed by atoms with E-state index >= 15 is 0 Å². The van der Waals surface area contributed by atoms with Crippen LogP contribution < -0.4 is 10.1 Å². The number of para-hydroxylation sites is 2. The fraction of sp³-hybridized carbons (Fsp3) is 0.238. The van der Waals surface area contributed by atoms with E-state index < -0.39 is 6.09 Å². The van der Waals surface area contributed by atoms with E-state index in [9.17, 15) is 9.59 Å². The SMILES string of the molecule is O=C(NCCc1c[nH]c2ccccc12)c1ccccc1OC(=O)N1CCC1. The van der Waals surface area contributed by atoms with Gasteiger partial charge in [-0.2, -0.15) is 0 Å². The minimum absolute atomic E-state index is 0.248. The molecule has 6 nitrogen and oxygen atoms in total. The lowest BCUT2D eigenvalue weighted by Gasteiger charge is -2.29. The summed E-state index contributed by atoms with van der Waals surface area (Å²) in [5, 5.41) is 4.08. The molecule has 0 aliphatic carbocycles. The summed E-state index contributed by atoms with van der Waals surface area (Å²) in [5.41, 5.74) is 2.61. The van der Waals surface area contributed by atoms with E-state index in [1.165, 1.54) is 0 Å². The normalized spacial score (nSPS) is 13.3. The number of hydrogen-bond donors (Lipinski definition) is 2. The van der Waals surface area contributed by atoms with Crippen molar-refractivity contribution in [2.24, 2.45) is 0 Å². The molecular formula is C21H21N3O3. The number of likely N-dealkylation sites (tertiary alicyclic amines) is 1. The number of carbonyl (C=O) groups excluding carboxylic acids is 2. The molecule has 2 amide bonds. The van der Waals surface area contributed by atoms with Crippen LogP contribution in [-0.4, -0.2) is 41.5 Å². The van der Waals surface area contributed by atoms with E-state index in [4.69, 9.17) is 4.74 Å². The van der Waals surface area contributed by atoms with Gasteiger partial charge < -0.3 is 19.9 Å². The number of rotatable bonds is 5. The topological polar surface area (TPSA) is 74.4 Å². The monoisotopic (exact) mass is 363 g/mol. The molecule has 2 aromatic carbocycles. The number of ether oxygens (including phenoxy) is 1. The van der Waals surface area contributed by atoms with Gasteiger partial charge in [0, 0.05) is 36.7 Å². The fourth-order valence-electron chi connectivity index (χ4n) is 3.15. The Morgan fingerprint density at radius 1 is 1.07 bits per heavy atom. The molecule has 0 bridgehead atoms. The van der Waals surface area contributed by atoms with Gasteiger partial charge in [-0.1, -0.05) is 30.3 Å². The fourth-order valence-corrected chi connectivity index (χ4v) is 3.15. The number of H-pyrrole nitrogens is 1. The summed E-state index contributed by atoms with van der Waals surface area (Å²) in [5.74, 6) is 0.0424. The summed E-state index contributed by atoms with van der Waals surface area (Å²) in [4.78, 5) is 29.5. The van der Waals surface area contributed by atoms with Gasteiger partial charge in [-0.3, -0.25) is 4.79 Å². The zero-order chi connectivity index (χ0) is 18.6. The average Bonchev–Trinajstić information content (AvgIpc) is 3.04. The Morgan fingerprint density at radius 2 is 1.85 bits per heavy atom. The standard InChI is InChI=1S/C21H21N3O3/c25-20(22-11-10-15-14-23-18-8-3-1-6-16(15)18)17-7-2-4-9-19(17)27-21(26)24-12-5-13-24/h1-4,6-9,14,23H,5,10-13H2,(H,22,25). The van der Waals surface area contributed by atoms with Gasteiger partial charge in [0.05, 0.1) is 5.56 Å². The third kappa shape index (κ3) is 3.65. The third-order valence-corrected chi connectivity index (χ3v) is 4.80.